The number of hydrogen-bond acceptors (Lipinski definition) is 1. The normalized spacial score (nSPS) is 12.5. The van der Waals surface area contributed by atoms with E-state index in [0.29, 0.717) is 5.92 Å². The molecule has 0 saturated carbocycles. The Labute approximate surface area is 93.6 Å². The maximum atomic E-state index is 3.97. The van der Waals surface area contributed by atoms with Crippen molar-refractivity contribution in [1.82, 2.24) is 5.32 Å². The largest absolute Gasteiger partial charge is 0.359 e. The van der Waals surface area contributed by atoms with Gasteiger partial charge in [0.1, 0.15) is 0 Å². The van der Waals surface area contributed by atoms with Crippen molar-refractivity contribution < 1.29 is 0 Å². The summed E-state index contributed by atoms with van der Waals surface area (Å²) in [6.45, 7) is 17.6. The molecule has 0 unspecified atom stereocenters. The minimum atomic E-state index is 0.413. The summed E-state index contributed by atoms with van der Waals surface area (Å²) in [5.41, 5.74) is 3.11. The average Bonchev–Trinajstić information content (AvgIpc) is 2.21. The van der Waals surface area contributed by atoms with Crippen LogP contribution in [0.5, 0.6) is 0 Å². The molecule has 15 heavy (non-hydrogen) atoms. The summed E-state index contributed by atoms with van der Waals surface area (Å²) >= 11 is 0. The Balaban J connectivity index is 4.74. The van der Waals surface area contributed by atoms with Gasteiger partial charge in [-0.3, -0.25) is 0 Å². The average molecular weight is 203 g/mol. The van der Waals surface area contributed by atoms with Crippen molar-refractivity contribution in [1.29, 1.82) is 0 Å². The van der Waals surface area contributed by atoms with Crippen LogP contribution in [0.15, 0.2) is 61.0 Å². The van der Waals surface area contributed by atoms with E-state index in [2.05, 4.69) is 38.9 Å². The zero-order valence-electron chi connectivity index (χ0n) is 10.0. The van der Waals surface area contributed by atoms with Crippen molar-refractivity contribution in [2.24, 2.45) is 5.92 Å². The minimum Gasteiger partial charge on any atom is -0.359 e. The lowest BCUT2D eigenvalue weighted by molar-refractivity contribution is 0.708. The highest BCUT2D eigenvalue weighted by Crippen LogP contribution is 2.10. The Bertz CT molecular complexity index is 303. The highest BCUT2D eigenvalue weighted by atomic mass is 14.9. The van der Waals surface area contributed by atoms with E-state index in [1.54, 1.807) is 12.2 Å². The zero-order chi connectivity index (χ0) is 11.8. The first-order valence-corrected chi connectivity index (χ1v) is 5.11. The summed E-state index contributed by atoms with van der Waals surface area (Å²) in [4.78, 5) is 0. The van der Waals surface area contributed by atoms with Crippen LogP contribution in [0.2, 0.25) is 0 Å². The van der Waals surface area contributed by atoms with Crippen LogP contribution in [-0.4, -0.2) is 0 Å². The van der Waals surface area contributed by atoms with E-state index in [-0.39, 0.29) is 0 Å². The molecule has 0 fully saturated rings. The van der Waals surface area contributed by atoms with Crippen LogP contribution in [0.4, 0.5) is 0 Å². The second-order valence-electron chi connectivity index (χ2n) is 3.70. The molecule has 0 spiro atoms. The van der Waals surface area contributed by atoms with Crippen LogP contribution >= 0.6 is 0 Å². The van der Waals surface area contributed by atoms with Crippen molar-refractivity contribution in [3.8, 4) is 0 Å². The van der Waals surface area contributed by atoms with Gasteiger partial charge in [-0.25, -0.2) is 0 Å². The molecule has 0 atom stereocenters. The molecule has 0 amide bonds. The van der Waals surface area contributed by atoms with Gasteiger partial charge in [0.05, 0.1) is 0 Å². The van der Waals surface area contributed by atoms with Crippen molar-refractivity contribution in [2.45, 2.75) is 20.8 Å². The third-order valence-corrected chi connectivity index (χ3v) is 2.10. The van der Waals surface area contributed by atoms with Crippen LogP contribution in [-0.2, 0) is 0 Å². The highest BCUT2D eigenvalue weighted by molar-refractivity contribution is 5.32. The molecule has 0 saturated heterocycles. The fourth-order valence-corrected chi connectivity index (χ4v) is 0.930. The number of allylic oxidation sites excluding steroid dienone is 6. The van der Waals surface area contributed by atoms with Crippen LogP contribution < -0.4 is 5.32 Å². The molecular formula is C14H21N. The monoisotopic (exact) mass is 203 g/mol. The lowest BCUT2D eigenvalue weighted by atomic mass is 10.1. The second kappa shape index (κ2) is 6.88. The fourth-order valence-electron chi connectivity index (χ4n) is 0.930. The third kappa shape index (κ3) is 5.06. The van der Waals surface area contributed by atoms with E-state index in [4.69, 9.17) is 0 Å². The van der Waals surface area contributed by atoms with Gasteiger partial charge in [-0.2, -0.15) is 0 Å². The second-order valence-corrected chi connectivity index (χ2v) is 3.70. The van der Waals surface area contributed by atoms with Gasteiger partial charge in [0, 0.05) is 11.4 Å². The molecule has 0 aliphatic rings. The van der Waals surface area contributed by atoms with Gasteiger partial charge in [0.25, 0.3) is 0 Å². The fraction of sp³-hybridized carbons (Fsp3) is 0.286. The van der Waals surface area contributed by atoms with E-state index < -0.39 is 0 Å². The van der Waals surface area contributed by atoms with Gasteiger partial charge < -0.3 is 5.32 Å². The summed E-state index contributed by atoms with van der Waals surface area (Å²) < 4.78 is 0. The van der Waals surface area contributed by atoms with E-state index in [1.807, 2.05) is 19.1 Å². The quantitative estimate of drug-likeness (QED) is 0.645. The van der Waals surface area contributed by atoms with Crippen LogP contribution in [0, 0.1) is 5.92 Å². The maximum Gasteiger partial charge on any atom is 0.0405 e. The first-order valence-electron chi connectivity index (χ1n) is 5.11. The number of hydrogen-bond donors (Lipinski definition) is 1. The van der Waals surface area contributed by atoms with Crippen molar-refractivity contribution in [3.63, 3.8) is 0 Å². The van der Waals surface area contributed by atoms with Gasteiger partial charge in [0.15, 0.2) is 0 Å². The van der Waals surface area contributed by atoms with Gasteiger partial charge >= 0.3 is 0 Å². The van der Waals surface area contributed by atoms with Gasteiger partial charge in [-0.05, 0) is 24.5 Å². The molecule has 1 N–H and O–H groups in total. The standard InChI is InChI=1S/C14H21N/c1-7-9-10-12(5)14(8-2)15-13(6)11(3)4/h7-11,15H,1-2,6H2,3-5H3/b10-9-,14-12+. The number of nitrogens with one attached hydrogen (secondary N) is 1. The van der Waals surface area contributed by atoms with Gasteiger partial charge in [-0.15, -0.1) is 0 Å². The molecule has 0 rings (SSSR count). The van der Waals surface area contributed by atoms with Crippen molar-refractivity contribution in [3.05, 3.63) is 61.0 Å². The molecule has 0 aromatic rings. The SMILES string of the molecule is C=C/C=C\C(C)=C(/C=C)NC(=C)C(C)C. The Hall–Kier alpha value is -1.50. The summed E-state index contributed by atoms with van der Waals surface area (Å²) in [7, 11) is 0. The van der Waals surface area contributed by atoms with Crippen LogP contribution in [0.3, 0.4) is 0 Å². The molecule has 1 heteroatoms. The summed E-state index contributed by atoms with van der Waals surface area (Å²) in [5, 5.41) is 3.26. The molecule has 1 nitrogen and oxygen atoms in total. The van der Waals surface area contributed by atoms with Crippen molar-refractivity contribution in [2.75, 3.05) is 0 Å². The molecule has 0 bridgehead atoms. The molecular weight excluding hydrogens is 182 g/mol. The third-order valence-electron chi connectivity index (χ3n) is 2.10. The Kier molecular flexibility index (Phi) is 6.19. The first kappa shape index (κ1) is 13.5. The topological polar surface area (TPSA) is 12.0 Å². The van der Waals surface area contributed by atoms with Crippen molar-refractivity contribution >= 4 is 0 Å². The Morgan fingerprint density at radius 2 is 1.87 bits per heavy atom. The molecule has 0 aromatic carbocycles. The molecule has 0 aromatic heterocycles. The van der Waals surface area contributed by atoms with E-state index in [1.165, 1.54) is 0 Å². The summed E-state index contributed by atoms with van der Waals surface area (Å²) in [5.74, 6) is 0.413. The predicted octanol–water partition coefficient (Wildman–Crippen LogP) is 3.95. The number of rotatable bonds is 6. The van der Waals surface area contributed by atoms with E-state index >= 15 is 0 Å². The van der Waals surface area contributed by atoms with Gasteiger partial charge in [0.2, 0.25) is 0 Å². The van der Waals surface area contributed by atoms with Crippen LogP contribution in [0.25, 0.3) is 0 Å². The molecule has 0 heterocycles. The lowest BCUT2D eigenvalue weighted by Crippen LogP contribution is -2.15. The molecule has 0 radical (unpaired) electrons. The van der Waals surface area contributed by atoms with E-state index in [9.17, 15) is 0 Å². The summed E-state index contributed by atoms with van der Waals surface area (Å²) in [6, 6.07) is 0. The summed E-state index contributed by atoms with van der Waals surface area (Å²) in [6.07, 6.45) is 7.45. The highest BCUT2D eigenvalue weighted by Gasteiger charge is 2.01. The van der Waals surface area contributed by atoms with Crippen LogP contribution in [0.1, 0.15) is 20.8 Å². The Morgan fingerprint density at radius 3 is 2.27 bits per heavy atom. The maximum absolute atomic E-state index is 3.97. The smallest absolute Gasteiger partial charge is 0.0405 e. The molecule has 0 aliphatic carbocycles. The molecule has 82 valence electrons. The minimum absolute atomic E-state index is 0.413. The molecule has 0 aliphatic heterocycles. The lowest BCUT2D eigenvalue weighted by Gasteiger charge is -2.14. The first-order chi connectivity index (χ1) is 7.02. The Morgan fingerprint density at radius 1 is 1.27 bits per heavy atom. The predicted molar refractivity (Wildman–Crippen MR) is 69.3 cm³/mol. The zero-order valence-corrected chi connectivity index (χ0v) is 10.0. The van der Waals surface area contributed by atoms with E-state index in [0.717, 1.165) is 17.0 Å². The van der Waals surface area contributed by atoms with Gasteiger partial charge in [-0.1, -0.05) is 51.8 Å².